The average Bonchev–Trinajstić information content (AvgIpc) is 3.06. The van der Waals surface area contributed by atoms with Gasteiger partial charge in [-0.15, -0.1) is 0 Å². The van der Waals surface area contributed by atoms with E-state index in [1.165, 1.54) is 0 Å². The minimum Gasteiger partial charge on any atom is -0.309 e. The van der Waals surface area contributed by atoms with Crippen LogP contribution >= 0.6 is 0 Å². The van der Waals surface area contributed by atoms with E-state index in [9.17, 15) is 4.21 Å². The minimum atomic E-state index is -1.13. The van der Waals surface area contributed by atoms with Crippen molar-refractivity contribution in [2.45, 2.75) is 12.5 Å². The van der Waals surface area contributed by atoms with Crippen molar-refractivity contribution in [3.8, 4) is 6.19 Å². The van der Waals surface area contributed by atoms with E-state index >= 15 is 0 Å². The van der Waals surface area contributed by atoms with Gasteiger partial charge >= 0.3 is 0 Å². The third-order valence-electron chi connectivity index (χ3n) is 3.67. The molecule has 0 aliphatic carbocycles. The molecule has 1 aromatic carbocycles. The summed E-state index contributed by atoms with van der Waals surface area (Å²) in [6, 6.07) is 10.1. The Hall–Kier alpha value is -1.58. The third kappa shape index (κ3) is 2.31. The zero-order valence-corrected chi connectivity index (χ0v) is 11.4. The SMILES string of the molecule is N#CN1CCC(N2CCN(c3ccccc3)S2=O)C1. The van der Waals surface area contributed by atoms with Gasteiger partial charge in [0.25, 0.3) is 0 Å². The van der Waals surface area contributed by atoms with Crippen LogP contribution in [0.15, 0.2) is 30.3 Å². The number of nitrogens with zero attached hydrogens (tertiary/aromatic N) is 4. The monoisotopic (exact) mass is 276 g/mol. The zero-order valence-electron chi connectivity index (χ0n) is 10.6. The number of benzene rings is 1. The molecule has 0 amide bonds. The number of hydrogen-bond acceptors (Lipinski definition) is 3. The molecule has 0 bridgehead atoms. The Labute approximate surface area is 115 Å². The Kier molecular flexibility index (Phi) is 3.40. The predicted octanol–water partition coefficient (Wildman–Crippen LogP) is 0.943. The maximum atomic E-state index is 12.5. The van der Waals surface area contributed by atoms with Gasteiger partial charge in [-0.05, 0) is 18.6 Å². The second-order valence-electron chi connectivity index (χ2n) is 4.80. The van der Waals surface area contributed by atoms with Crippen molar-refractivity contribution in [1.82, 2.24) is 9.21 Å². The molecule has 2 unspecified atom stereocenters. The first kappa shape index (κ1) is 12.5. The topological polar surface area (TPSA) is 50.6 Å². The summed E-state index contributed by atoms with van der Waals surface area (Å²) in [5, 5.41) is 8.89. The second kappa shape index (κ2) is 5.19. The smallest absolute Gasteiger partial charge is 0.199 e. The number of hydrogen-bond donors (Lipinski definition) is 0. The molecule has 2 saturated heterocycles. The molecule has 2 aliphatic heterocycles. The molecule has 19 heavy (non-hydrogen) atoms. The first-order chi connectivity index (χ1) is 9.29. The highest BCUT2D eigenvalue weighted by Gasteiger charge is 2.37. The van der Waals surface area contributed by atoms with Crippen molar-refractivity contribution in [3.63, 3.8) is 0 Å². The second-order valence-corrected chi connectivity index (χ2v) is 6.17. The number of rotatable bonds is 2. The summed E-state index contributed by atoms with van der Waals surface area (Å²) in [6.45, 7) is 3.05. The van der Waals surface area contributed by atoms with Crippen LogP contribution in [0.2, 0.25) is 0 Å². The highest BCUT2D eigenvalue weighted by molar-refractivity contribution is 7.84. The summed E-state index contributed by atoms with van der Waals surface area (Å²) in [5.74, 6) is 0. The lowest BCUT2D eigenvalue weighted by molar-refractivity contribution is 0.359. The van der Waals surface area contributed by atoms with Crippen LogP contribution in [0.1, 0.15) is 6.42 Å². The zero-order chi connectivity index (χ0) is 13.2. The van der Waals surface area contributed by atoms with Gasteiger partial charge in [0.2, 0.25) is 0 Å². The van der Waals surface area contributed by atoms with Gasteiger partial charge in [-0.2, -0.15) is 9.57 Å². The van der Waals surface area contributed by atoms with Crippen molar-refractivity contribution in [2.24, 2.45) is 0 Å². The lowest BCUT2D eigenvalue weighted by Crippen LogP contribution is -2.37. The van der Waals surface area contributed by atoms with E-state index < -0.39 is 11.2 Å². The van der Waals surface area contributed by atoms with Gasteiger partial charge < -0.3 is 4.90 Å². The third-order valence-corrected chi connectivity index (χ3v) is 5.32. The highest BCUT2D eigenvalue weighted by Crippen LogP contribution is 2.26. The maximum Gasteiger partial charge on any atom is 0.199 e. The lowest BCUT2D eigenvalue weighted by Gasteiger charge is -2.22. The fourth-order valence-electron chi connectivity index (χ4n) is 2.66. The molecular weight excluding hydrogens is 260 g/mol. The molecule has 1 aromatic rings. The van der Waals surface area contributed by atoms with Gasteiger partial charge in [0.05, 0.1) is 5.69 Å². The van der Waals surface area contributed by atoms with Crippen LogP contribution in [-0.4, -0.2) is 45.6 Å². The molecule has 2 aliphatic rings. The Morgan fingerprint density at radius 2 is 2.00 bits per heavy atom. The Balaban J connectivity index is 1.71. The molecule has 2 atom stereocenters. The largest absolute Gasteiger partial charge is 0.309 e. The summed E-state index contributed by atoms with van der Waals surface area (Å²) >= 11 is -1.13. The summed E-state index contributed by atoms with van der Waals surface area (Å²) in [5.41, 5.74) is 0.999. The van der Waals surface area contributed by atoms with E-state index in [0.29, 0.717) is 6.54 Å². The molecular formula is C13H16N4OS. The molecule has 0 aromatic heterocycles. The number of anilines is 1. The van der Waals surface area contributed by atoms with Crippen LogP contribution in [0, 0.1) is 11.5 Å². The standard InChI is InChI=1S/C13H16N4OS/c14-11-15-7-6-13(10-15)17-9-8-16(19(17)18)12-4-2-1-3-5-12/h1-5,13H,6-10H2. The summed E-state index contributed by atoms with van der Waals surface area (Å²) in [4.78, 5) is 1.74. The van der Waals surface area contributed by atoms with Crippen molar-refractivity contribution < 1.29 is 4.21 Å². The van der Waals surface area contributed by atoms with E-state index in [4.69, 9.17) is 5.26 Å². The minimum absolute atomic E-state index is 0.231. The van der Waals surface area contributed by atoms with E-state index in [-0.39, 0.29) is 6.04 Å². The van der Waals surface area contributed by atoms with Crippen LogP contribution in [0.25, 0.3) is 0 Å². The van der Waals surface area contributed by atoms with Gasteiger partial charge in [-0.1, -0.05) is 18.2 Å². The fraction of sp³-hybridized carbons (Fsp3) is 0.462. The Morgan fingerprint density at radius 1 is 1.21 bits per heavy atom. The molecule has 0 radical (unpaired) electrons. The fourth-order valence-corrected chi connectivity index (χ4v) is 4.12. The normalized spacial score (nSPS) is 27.7. The summed E-state index contributed by atoms with van der Waals surface area (Å²) in [6.07, 6.45) is 3.09. The molecule has 100 valence electrons. The van der Waals surface area contributed by atoms with E-state index in [0.717, 1.165) is 31.7 Å². The molecule has 2 heterocycles. The van der Waals surface area contributed by atoms with Crippen molar-refractivity contribution in [1.29, 1.82) is 5.26 Å². The quantitative estimate of drug-likeness (QED) is 0.756. The summed E-state index contributed by atoms with van der Waals surface area (Å²) < 4.78 is 16.5. The Bertz CT molecular complexity index is 515. The number of para-hydroxylation sites is 1. The van der Waals surface area contributed by atoms with Gasteiger partial charge in [0, 0.05) is 32.2 Å². The van der Waals surface area contributed by atoms with E-state index in [1.807, 2.05) is 38.9 Å². The molecule has 5 nitrogen and oxygen atoms in total. The van der Waals surface area contributed by atoms with Gasteiger partial charge in [-0.25, -0.2) is 4.21 Å². The van der Waals surface area contributed by atoms with Crippen molar-refractivity contribution >= 4 is 16.9 Å². The molecule has 2 fully saturated rings. The molecule has 3 rings (SSSR count). The molecule has 0 spiro atoms. The van der Waals surface area contributed by atoms with Gasteiger partial charge in [0.15, 0.2) is 17.4 Å². The van der Waals surface area contributed by atoms with Crippen molar-refractivity contribution in [2.75, 3.05) is 30.5 Å². The summed E-state index contributed by atoms with van der Waals surface area (Å²) in [7, 11) is 0. The van der Waals surface area contributed by atoms with E-state index in [2.05, 4.69) is 6.19 Å². The Morgan fingerprint density at radius 3 is 2.68 bits per heavy atom. The first-order valence-corrected chi connectivity index (χ1v) is 7.52. The van der Waals surface area contributed by atoms with Crippen molar-refractivity contribution in [3.05, 3.63) is 30.3 Å². The highest BCUT2D eigenvalue weighted by atomic mass is 32.2. The van der Waals surface area contributed by atoms with Crippen LogP contribution in [0.5, 0.6) is 0 Å². The van der Waals surface area contributed by atoms with Crippen LogP contribution < -0.4 is 4.31 Å². The van der Waals surface area contributed by atoms with Crippen LogP contribution in [0.3, 0.4) is 0 Å². The molecule has 0 saturated carbocycles. The molecule has 0 N–H and O–H groups in total. The van der Waals surface area contributed by atoms with E-state index in [1.54, 1.807) is 4.90 Å². The van der Waals surface area contributed by atoms with Gasteiger partial charge in [-0.3, -0.25) is 4.31 Å². The molecule has 6 heteroatoms. The number of nitriles is 1. The number of likely N-dealkylation sites (tertiary alicyclic amines) is 1. The lowest BCUT2D eigenvalue weighted by atomic mass is 10.2. The van der Waals surface area contributed by atoms with Gasteiger partial charge in [0.1, 0.15) is 0 Å². The van der Waals surface area contributed by atoms with Crippen LogP contribution in [-0.2, 0) is 11.2 Å². The maximum absolute atomic E-state index is 12.5. The average molecular weight is 276 g/mol. The van der Waals surface area contributed by atoms with Crippen LogP contribution in [0.4, 0.5) is 5.69 Å². The predicted molar refractivity (Wildman–Crippen MR) is 74.2 cm³/mol. The first-order valence-electron chi connectivity index (χ1n) is 6.45.